The van der Waals surface area contributed by atoms with Gasteiger partial charge in [-0.05, 0) is 85.3 Å². The minimum atomic E-state index is -0.977. The average Bonchev–Trinajstić information content (AvgIpc) is 3.51. The van der Waals surface area contributed by atoms with E-state index in [2.05, 4.69) is 144 Å². The molecule has 0 bridgehead atoms. The number of hydrogen-bond donors (Lipinski definition) is 1. The van der Waals surface area contributed by atoms with Crippen LogP contribution in [0.25, 0.3) is 61.5 Å². The molecule has 0 fully saturated rings. The van der Waals surface area contributed by atoms with Gasteiger partial charge in [0.05, 0.1) is 22.2 Å². The second-order valence-corrected chi connectivity index (χ2v) is 13.2. The van der Waals surface area contributed by atoms with Crippen molar-refractivity contribution in [1.29, 1.82) is 0 Å². The van der Waals surface area contributed by atoms with Crippen molar-refractivity contribution < 1.29 is 9.76 Å². The van der Waals surface area contributed by atoms with E-state index in [1.165, 1.54) is 16.7 Å². The number of fused-ring (bicyclic) bond motifs is 1. The van der Waals surface area contributed by atoms with Gasteiger partial charge in [0.1, 0.15) is 5.82 Å². The number of para-hydroxylation sites is 2. The summed E-state index contributed by atoms with van der Waals surface area (Å²) in [7, 11) is 1.72. The monoisotopic (exact) mass is 625 g/mol. The molecule has 48 heavy (non-hydrogen) atoms. The van der Waals surface area contributed by atoms with Crippen LogP contribution in [0.3, 0.4) is 0 Å². The van der Waals surface area contributed by atoms with E-state index in [9.17, 15) is 5.11 Å². The van der Waals surface area contributed by atoms with Crippen LogP contribution in [0.5, 0.6) is 0 Å². The predicted molar refractivity (Wildman–Crippen MR) is 200 cm³/mol. The Balaban J connectivity index is 1.22. The number of aromatic nitrogens is 2. The van der Waals surface area contributed by atoms with Crippen LogP contribution in [0.2, 0.25) is 0 Å². The first-order valence-corrected chi connectivity index (χ1v) is 16.4. The molecule has 6 aromatic carbocycles. The summed E-state index contributed by atoms with van der Waals surface area (Å²) in [5.74, 6) is 0.926. The fraction of sp³-hybridized carbons (Fsp3) is 0.140. The number of rotatable bonds is 9. The number of nitrogens with zero attached hydrogens (tertiary/aromatic N) is 2. The van der Waals surface area contributed by atoms with Crippen LogP contribution in [0.4, 0.5) is 0 Å². The van der Waals surface area contributed by atoms with Gasteiger partial charge >= 0.3 is 7.48 Å². The van der Waals surface area contributed by atoms with Gasteiger partial charge in [0.25, 0.3) is 0 Å². The maximum atomic E-state index is 10.5. The topological polar surface area (TPSA) is 47.3 Å². The van der Waals surface area contributed by atoms with Crippen LogP contribution in [0.1, 0.15) is 27.7 Å². The Hall–Kier alpha value is -5.23. The molecule has 0 unspecified atom stereocenters. The Morgan fingerprint density at radius 2 is 1.04 bits per heavy atom. The maximum absolute atomic E-state index is 10.5. The second kappa shape index (κ2) is 12.8. The first-order valence-electron chi connectivity index (χ1n) is 16.4. The fourth-order valence-electron chi connectivity index (χ4n) is 5.90. The van der Waals surface area contributed by atoms with Crippen molar-refractivity contribution in [2.75, 3.05) is 0 Å². The van der Waals surface area contributed by atoms with Crippen LogP contribution in [0, 0.1) is 0 Å². The van der Waals surface area contributed by atoms with Crippen molar-refractivity contribution in [2.24, 2.45) is 0 Å². The van der Waals surface area contributed by atoms with Crippen LogP contribution < -0.4 is 5.46 Å². The highest BCUT2D eigenvalue weighted by Gasteiger charge is 2.35. The van der Waals surface area contributed by atoms with Crippen LogP contribution in [-0.4, -0.2) is 33.3 Å². The van der Waals surface area contributed by atoms with Gasteiger partial charge < -0.3 is 9.76 Å². The van der Waals surface area contributed by atoms with Crippen LogP contribution >= 0.6 is 0 Å². The molecule has 0 saturated carbocycles. The highest BCUT2D eigenvalue weighted by Crippen LogP contribution is 2.38. The normalized spacial score (nSPS) is 11.9. The van der Waals surface area contributed by atoms with Gasteiger partial charge in [0.2, 0.25) is 0 Å². The lowest BCUT2D eigenvalue weighted by molar-refractivity contribution is -0.0893. The Morgan fingerprint density at radius 1 is 0.542 bits per heavy atom. The first kappa shape index (κ1) is 31.4. The number of benzene rings is 6. The highest BCUT2D eigenvalue weighted by molar-refractivity contribution is 6.47. The lowest BCUT2D eigenvalue weighted by atomic mass is 9.82. The molecular weight excluding hydrogens is 587 g/mol. The van der Waals surface area contributed by atoms with E-state index < -0.39 is 11.2 Å². The van der Waals surface area contributed by atoms with E-state index >= 15 is 0 Å². The quantitative estimate of drug-likeness (QED) is 0.163. The van der Waals surface area contributed by atoms with E-state index in [0.717, 1.165) is 50.3 Å². The molecule has 0 saturated heterocycles. The van der Waals surface area contributed by atoms with Crippen molar-refractivity contribution >= 4 is 24.0 Å². The van der Waals surface area contributed by atoms with E-state index in [1.807, 2.05) is 26.0 Å². The summed E-state index contributed by atoms with van der Waals surface area (Å²) in [6.45, 7) is 7.30. The van der Waals surface area contributed by atoms with Gasteiger partial charge in [-0.15, -0.1) is 0 Å². The average molecular weight is 626 g/mol. The second-order valence-electron chi connectivity index (χ2n) is 13.2. The van der Waals surface area contributed by atoms with Crippen LogP contribution in [-0.2, 0) is 4.65 Å². The van der Waals surface area contributed by atoms with Gasteiger partial charge in [-0.3, -0.25) is 4.57 Å². The van der Waals surface area contributed by atoms with Gasteiger partial charge in [-0.2, -0.15) is 0 Å². The molecule has 0 aliphatic rings. The smallest absolute Gasteiger partial charge is 0.330 e. The minimum Gasteiger partial charge on any atom is -0.427 e. The van der Waals surface area contributed by atoms with Crippen molar-refractivity contribution in [3.8, 4) is 50.5 Å². The molecular formula is C43H38BN2O2. The number of imidazole rings is 1. The van der Waals surface area contributed by atoms with Crippen molar-refractivity contribution in [1.82, 2.24) is 9.55 Å². The Morgan fingerprint density at radius 3 is 1.62 bits per heavy atom. The lowest BCUT2D eigenvalue weighted by Gasteiger charge is -2.37. The van der Waals surface area contributed by atoms with E-state index in [0.29, 0.717) is 0 Å². The standard InChI is InChI=1S/C43H38BN2O2/c1-42(2,47)43(3,4)48-44-33-26-22-30(23-27-33)35-16-8-10-18-37(35)38-19-11-9-17-36(38)31-24-28-34(29-25-31)46-40-21-13-12-20-39(40)45-41(46)32-14-6-5-7-15-32/h5-29,47H,1-4H3. The third-order valence-electron chi connectivity index (χ3n) is 9.36. The fourth-order valence-corrected chi connectivity index (χ4v) is 5.90. The van der Waals surface area contributed by atoms with E-state index in [1.54, 1.807) is 21.3 Å². The van der Waals surface area contributed by atoms with E-state index in [4.69, 9.17) is 9.64 Å². The molecule has 5 heteroatoms. The summed E-state index contributed by atoms with van der Waals surface area (Å²) in [4.78, 5) is 5.01. The Bertz CT molecular complexity index is 2180. The summed E-state index contributed by atoms with van der Waals surface area (Å²) in [6, 6.07) is 53.0. The summed E-state index contributed by atoms with van der Waals surface area (Å²) < 4.78 is 8.23. The van der Waals surface area contributed by atoms with Crippen LogP contribution in [0.15, 0.2) is 152 Å². The maximum Gasteiger partial charge on any atom is 0.330 e. The molecule has 0 atom stereocenters. The molecule has 0 spiro atoms. The number of hydrogen-bond acceptors (Lipinski definition) is 3. The lowest BCUT2D eigenvalue weighted by Crippen LogP contribution is -2.49. The molecule has 7 aromatic rings. The molecule has 1 heterocycles. The molecule has 1 N–H and O–H groups in total. The summed E-state index contributed by atoms with van der Waals surface area (Å²) >= 11 is 0. The van der Waals surface area contributed by atoms with Crippen molar-refractivity contribution in [3.63, 3.8) is 0 Å². The summed E-state index contributed by atoms with van der Waals surface area (Å²) in [5, 5.41) is 10.5. The first-order chi connectivity index (χ1) is 23.2. The third-order valence-corrected chi connectivity index (χ3v) is 9.36. The van der Waals surface area contributed by atoms with Gasteiger partial charge in [0, 0.05) is 11.3 Å². The van der Waals surface area contributed by atoms with Crippen molar-refractivity contribution in [2.45, 2.75) is 38.9 Å². The summed E-state index contributed by atoms with van der Waals surface area (Å²) in [6.07, 6.45) is 0. The predicted octanol–water partition coefficient (Wildman–Crippen LogP) is 9.50. The molecule has 0 aliphatic carbocycles. The van der Waals surface area contributed by atoms with Gasteiger partial charge in [0.15, 0.2) is 0 Å². The van der Waals surface area contributed by atoms with Gasteiger partial charge in [-0.25, -0.2) is 4.98 Å². The Labute approximate surface area is 283 Å². The Kier molecular flexibility index (Phi) is 8.34. The zero-order valence-corrected chi connectivity index (χ0v) is 27.8. The third kappa shape index (κ3) is 6.11. The van der Waals surface area contributed by atoms with Crippen molar-refractivity contribution in [3.05, 3.63) is 152 Å². The van der Waals surface area contributed by atoms with E-state index in [-0.39, 0.29) is 0 Å². The van der Waals surface area contributed by atoms with Gasteiger partial charge in [-0.1, -0.05) is 133 Å². The molecule has 235 valence electrons. The largest absolute Gasteiger partial charge is 0.427 e. The molecule has 7 rings (SSSR count). The highest BCUT2D eigenvalue weighted by atomic mass is 16.5. The summed E-state index contributed by atoms with van der Waals surface area (Å²) in [5.41, 5.74) is 10.4. The molecule has 0 aliphatic heterocycles. The SMILES string of the molecule is CC(C)(O)C(C)(C)O[B]c1ccc(-c2ccccc2-c2ccccc2-c2ccc(-n3c(-c4ccccc4)nc4ccccc43)cc2)cc1. The molecule has 4 nitrogen and oxygen atoms in total. The zero-order chi connectivity index (χ0) is 33.3. The zero-order valence-electron chi connectivity index (χ0n) is 27.8. The molecule has 0 amide bonds. The minimum absolute atomic E-state index is 0.725. The molecule has 1 radical (unpaired) electrons. The number of aliphatic hydroxyl groups is 1. The molecule has 1 aromatic heterocycles.